The van der Waals surface area contributed by atoms with Gasteiger partial charge in [0.2, 0.25) is 0 Å². The second-order valence-corrected chi connectivity index (χ2v) is 11.3. The molecule has 0 aromatic rings. The molecule has 3 unspecified atom stereocenters. The number of Topliss-reactive ketones (excluding diaryl/α,β-unsaturated/α-hetero) is 2. The van der Waals surface area contributed by atoms with Crippen molar-refractivity contribution in [3.05, 3.63) is 0 Å². The van der Waals surface area contributed by atoms with E-state index in [1.54, 1.807) is 0 Å². The molecule has 0 aliphatic heterocycles. The molecule has 0 radical (unpaired) electrons. The van der Waals surface area contributed by atoms with Crippen molar-refractivity contribution >= 4 is 11.6 Å². The molecule has 0 bridgehead atoms. The fourth-order valence-corrected chi connectivity index (χ4v) is 3.98. The van der Waals surface area contributed by atoms with E-state index in [0.717, 1.165) is 38.5 Å². The van der Waals surface area contributed by atoms with Crippen LogP contribution in [0.15, 0.2) is 0 Å². The van der Waals surface area contributed by atoms with E-state index in [1.807, 2.05) is 13.8 Å². The summed E-state index contributed by atoms with van der Waals surface area (Å²) in [6.45, 7) is 21.7. The van der Waals surface area contributed by atoms with Gasteiger partial charge < -0.3 is 5.32 Å². The smallest absolute Gasteiger partial charge is 0.152 e. The van der Waals surface area contributed by atoms with E-state index in [4.69, 9.17) is 0 Å². The molecule has 0 aliphatic rings. The molecule has 0 aromatic heterocycles. The van der Waals surface area contributed by atoms with E-state index >= 15 is 0 Å². The van der Waals surface area contributed by atoms with Crippen LogP contribution in [0.2, 0.25) is 0 Å². The van der Waals surface area contributed by atoms with Gasteiger partial charge in [-0.15, -0.1) is 0 Å². The third-order valence-electron chi connectivity index (χ3n) is 6.53. The van der Waals surface area contributed by atoms with E-state index in [2.05, 4.69) is 60.7 Å². The Morgan fingerprint density at radius 1 is 0.667 bits per heavy atom. The first kappa shape index (κ1) is 29.3. The van der Waals surface area contributed by atoms with E-state index in [1.165, 1.54) is 6.42 Å². The Morgan fingerprint density at radius 3 is 1.67 bits per heavy atom. The number of hydrogen-bond donors (Lipinski definition) is 1. The van der Waals surface area contributed by atoms with Crippen LogP contribution >= 0.6 is 0 Å². The number of ketones is 2. The normalized spacial score (nSPS) is 16.3. The summed E-state index contributed by atoms with van der Waals surface area (Å²) in [7, 11) is 0. The monoisotopic (exact) mass is 423 g/mol. The summed E-state index contributed by atoms with van der Waals surface area (Å²) in [6, 6.07) is 0.191. The van der Waals surface area contributed by atoms with Crippen LogP contribution in [0.5, 0.6) is 0 Å². The summed E-state index contributed by atoms with van der Waals surface area (Å²) in [5, 5.41) is 3.58. The Balaban J connectivity index is 4.64. The molecule has 0 aromatic carbocycles. The van der Waals surface area contributed by atoms with Gasteiger partial charge in [0.1, 0.15) is 5.78 Å². The van der Waals surface area contributed by atoms with Gasteiger partial charge >= 0.3 is 0 Å². The van der Waals surface area contributed by atoms with Crippen LogP contribution in [0.4, 0.5) is 0 Å². The van der Waals surface area contributed by atoms with Gasteiger partial charge in [-0.2, -0.15) is 0 Å². The Kier molecular flexibility index (Phi) is 14.8. The van der Waals surface area contributed by atoms with Gasteiger partial charge in [-0.05, 0) is 62.7 Å². The van der Waals surface area contributed by atoms with E-state index < -0.39 is 0 Å². The van der Waals surface area contributed by atoms with Crippen LogP contribution in [0.25, 0.3) is 0 Å². The molecule has 4 atom stereocenters. The highest BCUT2D eigenvalue weighted by Gasteiger charge is 2.25. The van der Waals surface area contributed by atoms with Crippen molar-refractivity contribution in [2.24, 2.45) is 35.5 Å². The molecule has 3 heteroatoms. The van der Waals surface area contributed by atoms with Crippen molar-refractivity contribution in [2.75, 3.05) is 0 Å². The molecule has 0 saturated heterocycles. The maximum Gasteiger partial charge on any atom is 0.152 e. The van der Waals surface area contributed by atoms with Crippen molar-refractivity contribution < 1.29 is 9.59 Å². The molecule has 0 aliphatic carbocycles. The number of carbonyl (C=O) groups is 2. The molecule has 1 N–H and O–H groups in total. The van der Waals surface area contributed by atoms with Crippen LogP contribution in [0.3, 0.4) is 0 Å². The maximum atomic E-state index is 12.8. The van der Waals surface area contributed by atoms with Crippen LogP contribution in [-0.4, -0.2) is 23.7 Å². The van der Waals surface area contributed by atoms with Gasteiger partial charge in [-0.25, -0.2) is 0 Å². The van der Waals surface area contributed by atoms with Gasteiger partial charge in [-0.1, -0.05) is 68.7 Å². The fourth-order valence-electron chi connectivity index (χ4n) is 3.98. The minimum Gasteiger partial charge on any atom is -0.305 e. The summed E-state index contributed by atoms with van der Waals surface area (Å²) in [6.07, 6.45) is 6.87. The zero-order chi connectivity index (χ0) is 23.4. The highest BCUT2D eigenvalue weighted by Crippen LogP contribution is 2.26. The topological polar surface area (TPSA) is 46.2 Å². The van der Waals surface area contributed by atoms with E-state index in [0.29, 0.717) is 35.2 Å². The quantitative estimate of drug-likeness (QED) is 0.272. The molecular formula is C27H53NO2. The second kappa shape index (κ2) is 15.2. The molecule has 178 valence electrons. The van der Waals surface area contributed by atoms with Crippen LogP contribution in [0, 0.1) is 35.5 Å². The van der Waals surface area contributed by atoms with Gasteiger partial charge in [0, 0.05) is 24.3 Å². The second-order valence-electron chi connectivity index (χ2n) is 11.3. The molecule has 0 rings (SSSR count). The first-order valence-corrected chi connectivity index (χ1v) is 12.7. The molecule has 0 fully saturated rings. The largest absolute Gasteiger partial charge is 0.305 e. The molecule has 0 heterocycles. The lowest BCUT2D eigenvalue weighted by atomic mass is 9.82. The van der Waals surface area contributed by atoms with Crippen LogP contribution < -0.4 is 5.32 Å². The Morgan fingerprint density at radius 2 is 1.20 bits per heavy atom. The third kappa shape index (κ3) is 12.9. The average molecular weight is 424 g/mol. The number of hydrogen-bond acceptors (Lipinski definition) is 3. The fraction of sp³-hybridized carbons (Fsp3) is 0.926. The van der Waals surface area contributed by atoms with Crippen molar-refractivity contribution in [2.45, 2.75) is 126 Å². The highest BCUT2D eigenvalue weighted by atomic mass is 16.1. The summed E-state index contributed by atoms with van der Waals surface area (Å²) in [5.41, 5.74) is 0. The first-order chi connectivity index (χ1) is 13.8. The molecular weight excluding hydrogens is 370 g/mol. The van der Waals surface area contributed by atoms with Crippen LogP contribution in [-0.2, 0) is 9.59 Å². The lowest BCUT2D eigenvalue weighted by Gasteiger charge is -2.26. The number of nitrogens with one attached hydrogen (secondary N) is 1. The molecule has 3 nitrogen and oxygen atoms in total. The predicted octanol–water partition coefficient (Wildman–Crippen LogP) is 7.08. The number of carbonyl (C=O) groups excluding carboxylic acids is 2. The van der Waals surface area contributed by atoms with Crippen LogP contribution in [0.1, 0.15) is 114 Å². The zero-order valence-electron chi connectivity index (χ0n) is 21.9. The Labute approximate surface area is 188 Å². The molecule has 0 amide bonds. The van der Waals surface area contributed by atoms with Gasteiger partial charge in [-0.3, -0.25) is 9.59 Å². The summed E-state index contributed by atoms with van der Waals surface area (Å²) < 4.78 is 0. The first-order valence-electron chi connectivity index (χ1n) is 12.7. The predicted molar refractivity (Wildman–Crippen MR) is 131 cm³/mol. The standard InChI is InChI=1S/C27H53NO2/c1-18(2)11-15-24(20(5)6)17-26(29)22(9)13-14-23(10)28-25(16-12-19(3)4)27(30)21(7)8/h18-25,28H,11-17H2,1-10H3/t22?,23?,24?,25-/m0/s1. The minimum absolute atomic E-state index is 0.0566. The lowest BCUT2D eigenvalue weighted by molar-refractivity contribution is -0.125. The minimum atomic E-state index is -0.0604. The third-order valence-corrected chi connectivity index (χ3v) is 6.53. The summed E-state index contributed by atoms with van der Waals surface area (Å²) in [4.78, 5) is 25.5. The van der Waals surface area contributed by atoms with E-state index in [-0.39, 0.29) is 23.9 Å². The Hall–Kier alpha value is -0.700. The molecule has 0 saturated carbocycles. The zero-order valence-corrected chi connectivity index (χ0v) is 21.9. The van der Waals surface area contributed by atoms with Crippen molar-refractivity contribution in [3.8, 4) is 0 Å². The lowest BCUT2D eigenvalue weighted by Crippen LogP contribution is -2.44. The average Bonchev–Trinajstić information content (AvgIpc) is 2.64. The maximum absolute atomic E-state index is 12.8. The highest BCUT2D eigenvalue weighted by molar-refractivity contribution is 5.85. The van der Waals surface area contributed by atoms with Crippen molar-refractivity contribution in [3.63, 3.8) is 0 Å². The summed E-state index contributed by atoms with van der Waals surface area (Å²) >= 11 is 0. The van der Waals surface area contributed by atoms with E-state index in [9.17, 15) is 9.59 Å². The Bertz CT molecular complexity index is 481. The number of rotatable bonds is 17. The SMILES string of the molecule is CC(C)CCC(CC(=O)C(C)CCC(C)N[C@@H](CCC(C)C)C(=O)C(C)C)C(C)C. The van der Waals surface area contributed by atoms with Gasteiger partial charge in [0.15, 0.2) is 5.78 Å². The van der Waals surface area contributed by atoms with Crippen molar-refractivity contribution in [1.82, 2.24) is 5.32 Å². The van der Waals surface area contributed by atoms with Crippen molar-refractivity contribution in [1.29, 1.82) is 0 Å². The van der Waals surface area contributed by atoms with Gasteiger partial charge in [0.05, 0.1) is 6.04 Å². The molecule has 0 spiro atoms. The van der Waals surface area contributed by atoms with Gasteiger partial charge in [0.25, 0.3) is 0 Å². The molecule has 30 heavy (non-hydrogen) atoms. The summed E-state index contributed by atoms with van der Waals surface area (Å²) in [5.74, 6) is 3.25.